The number of ketones is 2. The first-order valence-electron chi connectivity index (χ1n) is 10.9. The first kappa shape index (κ1) is 20.6. The Balaban J connectivity index is 1.49. The third kappa shape index (κ3) is 2.64. The van der Waals surface area contributed by atoms with Gasteiger partial charge in [0.25, 0.3) is 0 Å². The molecule has 7 heteroatoms. The van der Waals surface area contributed by atoms with Crippen LogP contribution in [0.2, 0.25) is 0 Å². The minimum Gasteiger partial charge on any atom is -0.349 e. The SMILES string of the molecule is O=C1[C@H]2[C@@H](c3ccc(F)cc3)OC3(C(=O)c4ccccc4C3=O)[C@H]2C(=O)N1Cc1ccccc1. The highest BCUT2D eigenvalue weighted by molar-refractivity contribution is 6.35. The van der Waals surface area contributed by atoms with Crippen molar-refractivity contribution in [3.8, 4) is 0 Å². The van der Waals surface area contributed by atoms with E-state index in [4.69, 9.17) is 4.74 Å². The summed E-state index contributed by atoms with van der Waals surface area (Å²) in [5.74, 6) is -5.21. The first-order valence-corrected chi connectivity index (χ1v) is 10.9. The van der Waals surface area contributed by atoms with Gasteiger partial charge in [-0.05, 0) is 23.3 Å². The van der Waals surface area contributed by atoms with Crippen molar-refractivity contribution in [1.29, 1.82) is 0 Å². The molecule has 3 aromatic carbocycles. The van der Waals surface area contributed by atoms with E-state index >= 15 is 0 Å². The number of Topliss-reactive ketones (excluding diaryl/α,β-unsaturated/α-hetero) is 2. The molecule has 0 radical (unpaired) electrons. The Labute approximate surface area is 193 Å². The van der Waals surface area contributed by atoms with E-state index in [0.717, 1.165) is 10.5 Å². The first-order chi connectivity index (χ1) is 16.4. The molecule has 34 heavy (non-hydrogen) atoms. The van der Waals surface area contributed by atoms with Crippen molar-refractivity contribution >= 4 is 23.4 Å². The number of halogens is 1. The van der Waals surface area contributed by atoms with Crippen LogP contribution in [0.4, 0.5) is 4.39 Å². The van der Waals surface area contributed by atoms with Gasteiger partial charge in [0.05, 0.1) is 24.5 Å². The summed E-state index contributed by atoms with van der Waals surface area (Å²) >= 11 is 0. The average Bonchev–Trinajstić information content (AvgIpc) is 3.41. The molecule has 1 aliphatic carbocycles. The van der Waals surface area contributed by atoms with Crippen LogP contribution in [0.5, 0.6) is 0 Å². The third-order valence-corrected chi connectivity index (χ3v) is 6.99. The maximum Gasteiger partial charge on any atom is 0.237 e. The van der Waals surface area contributed by atoms with E-state index in [0.29, 0.717) is 5.56 Å². The fourth-order valence-electron chi connectivity index (χ4n) is 5.45. The lowest BCUT2D eigenvalue weighted by Crippen LogP contribution is -2.50. The molecule has 6 rings (SSSR count). The second kappa shape index (κ2) is 7.27. The van der Waals surface area contributed by atoms with Gasteiger partial charge in [-0.2, -0.15) is 0 Å². The topological polar surface area (TPSA) is 80.8 Å². The molecule has 0 N–H and O–H groups in total. The highest BCUT2D eigenvalue weighted by Crippen LogP contribution is 2.57. The summed E-state index contributed by atoms with van der Waals surface area (Å²) in [5.41, 5.74) is -0.608. The van der Waals surface area contributed by atoms with Gasteiger partial charge in [0.1, 0.15) is 5.82 Å². The monoisotopic (exact) mass is 455 g/mol. The second-order valence-electron chi connectivity index (χ2n) is 8.78. The summed E-state index contributed by atoms with van der Waals surface area (Å²) in [7, 11) is 0. The fourth-order valence-corrected chi connectivity index (χ4v) is 5.45. The van der Waals surface area contributed by atoms with Crippen LogP contribution in [0, 0.1) is 17.7 Å². The van der Waals surface area contributed by atoms with Crippen molar-refractivity contribution < 1.29 is 28.3 Å². The zero-order chi connectivity index (χ0) is 23.6. The van der Waals surface area contributed by atoms with Gasteiger partial charge in [-0.15, -0.1) is 0 Å². The van der Waals surface area contributed by atoms with Gasteiger partial charge in [0, 0.05) is 11.1 Å². The van der Waals surface area contributed by atoms with Crippen molar-refractivity contribution in [2.45, 2.75) is 18.2 Å². The largest absolute Gasteiger partial charge is 0.349 e. The van der Waals surface area contributed by atoms with Gasteiger partial charge in [-0.25, -0.2) is 4.39 Å². The minimum atomic E-state index is -2.12. The number of rotatable bonds is 3. The number of carbonyl (C=O) groups excluding carboxylic acids is 4. The smallest absolute Gasteiger partial charge is 0.237 e. The van der Waals surface area contributed by atoms with E-state index in [1.807, 2.05) is 6.07 Å². The number of benzene rings is 3. The van der Waals surface area contributed by atoms with E-state index < -0.39 is 52.7 Å². The lowest BCUT2D eigenvalue weighted by molar-refractivity contribution is -0.145. The molecule has 3 aliphatic rings. The number of hydrogen-bond donors (Lipinski definition) is 0. The third-order valence-electron chi connectivity index (χ3n) is 6.99. The highest BCUT2D eigenvalue weighted by Gasteiger charge is 2.74. The molecule has 2 fully saturated rings. The number of imide groups is 1. The van der Waals surface area contributed by atoms with Crippen LogP contribution in [0.25, 0.3) is 0 Å². The Morgan fingerprint density at radius 3 is 1.97 bits per heavy atom. The van der Waals surface area contributed by atoms with Crippen LogP contribution in [-0.4, -0.2) is 33.9 Å². The Hall–Kier alpha value is -3.97. The van der Waals surface area contributed by atoms with Gasteiger partial charge in [-0.3, -0.25) is 24.1 Å². The quantitative estimate of drug-likeness (QED) is 0.446. The molecule has 0 aromatic heterocycles. The van der Waals surface area contributed by atoms with Crippen LogP contribution >= 0.6 is 0 Å². The van der Waals surface area contributed by atoms with Gasteiger partial charge < -0.3 is 4.74 Å². The summed E-state index contributed by atoms with van der Waals surface area (Å²) in [4.78, 5) is 55.7. The zero-order valence-corrected chi connectivity index (χ0v) is 17.8. The zero-order valence-electron chi connectivity index (χ0n) is 17.8. The van der Waals surface area contributed by atoms with Gasteiger partial charge in [0.15, 0.2) is 0 Å². The number of nitrogens with zero attached hydrogens (tertiary/aromatic N) is 1. The number of fused-ring (bicyclic) bond motifs is 3. The van der Waals surface area contributed by atoms with Gasteiger partial charge >= 0.3 is 0 Å². The van der Waals surface area contributed by atoms with Gasteiger partial charge in [-0.1, -0.05) is 66.7 Å². The minimum absolute atomic E-state index is 0.0209. The average molecular weight is 455 g/mol. The van der Waals surface area contributed by atoms with E-state index in [-0.39, 0.29) is 17.7 Å². The molecule has 3 aromatic rings. The molecule has 0 saturated carbocycles. The number of carbonyl (C=O) groups is 4. The summed E-state index contributed by atoms with van der Waals surface area (Å²) in [5, 5.41) is 0. The molecular formula is C27H18FNO5. The maximum atomic E-state index is 13.7. The van der Waals surface area contributed by atoms with Crippen LogP contribution in [0.3, 0.4) is 0 Å². The van der Waals surface area contributed by atoms with E-state index in [1.165, 1.54) is 36.4 Å². The summed E-state index contributed by atoms with van der Waals surface area (Å²) in [6.45, 7) is 0.0209. The molecule has 2 amide bonds. The summed E-state index contributed by atoms with van der Waals surface area (Å²) in [6.07, 6.45) is -1.05. The van der Waals surface area contributed by atoms with Crippen LogP contribution in [0.15, 0.2) is 78.9 Å². The maximum absolute atomic E-state index is 13.7. The fraction of sp³-hybridized carbons (Fsp3) is 0.185. The molecule has 0 bridgehead atoms. The molecular weight excluding hydrogens is 437 g/mol. The van der Waals surface area contributed by atoms with Crippen molar-refractivity contribution in [2.24, 2.45) is 11.8 Å². The van der Waals surface area contributed by atoms with Gasteiger partial charge in [0.2, 0.25) is 29.0 Å². The molecule has 168 valence electrons. The molecule has 2 aliphatic heterocycles. The highest BCUT2D eigenvalue weighted by atomic mass is 19.1. The molecule has 2 saturated heterocycles. The normalized spacial score (nSPS) is 24.7. The predicted octanol–water partition coefficient (Wildman–Crippen LogP) is 3.52. The molecule has 6 nitrogen and oxygen atoms in total. The Bertz CT molecular complexity index is 1330. The second-order valence-corrected chi connectivity index (χ2v) is 8.78. The van der Waals surface area contributed by atoms with Crippen molar-refractivity contribution in [1.82, 2.24) is 4.90 Å². The van der Waals surface area contributed by atoms with Crippen molar-refractivity contribution in [3.63, 3.8) is 0 Å². The molecule has 0 unspecified atom stereocenters. The Kier molecular flexibility index (Phi) is 4.41. The van der Waals surface area contributed by atoms with Crippen LogP contribution in [0.1, 0.15) is 37.9 Å². The number of likely N-dealkylation sites (tertiary alicyclic amines) is 1. The summed E-state index contributed by atoms with van der Waals surface area (Å²) in [6, 6.07) is 20.7. The molecule has 2 heterocycles. The number of hydrogen-bond acceptors (Lipinski definition) is 5. The Morgan fingerprint density at radius 2 is 1.35 bits per heavy atom. The van der Waals surface area contributed by atoms with E-state index in [2.05, 4.69) is 0 Å². The van der Waals surface area contributed by atoms with E-state index in [9.17, 15) is 23.6 Å². The lowest BCUT2D eigenvalue weighted by Gasteiger charge is -2.27. The van der Waals surface area contributed by atoms with E-state index in [1.54, 1.807) is 36.4 Å². The summed E-state index contributed by atoms with van der Waals surface area (Å²) < 4.78 is 19.8. The van der Waals surface area contributed by atoms with Crippen LogP contribution < -0.4 is 0 Å². The number of amides is 2. The number of ether oxygens (including phenoxy) is 1. The predicted molar refractivity (Wildman–Crippen MR) is 117 cm³/mol. The van der Waals surface area contributed by atoms with Crippen molar-refractivity contribution in [3.05, 3.63) is 107 Å². The Morgan fingerprint density at radius 1 is 0.765 bits per heavy atom. The van der Waals surface area contributed by atoms with Crippen molar-refractivity contribution in [2.75, 3.05) is 0 Å². The molecule has 1 spiro atoms. The molecule has 3 atom stereocenters. The standard InChI is InChI=1S/C27H18FNO5/c28-17-12-10-16(11-13-17)22-20-21(26(33)29(25(20)32)14-15-6-2-1-3-7-15)27(34-22)23(30)18-8-4-5-9-19(18)24(27)31/h1-13,20-22H,14H2/t20-,21-,22-/m1/s1. The lowest BCUT2D eigenvalue weighted by atomic mass is 9.77. The van der Waals surface area contributed by atoms with Crippen LogP contribution in [-0.2, 0) is 20.9 Å².